The Balaban J connectivity index is -0.000000784. The monoisotopic (exact) mass is 495 g/mol. The van der Waals surface area contributed by atoms with E-state index < -0.39 is 0 Å². The van der Waals surface area contributed by atoms with E-state index >= 15 is 0 Å². The number of esters is 2. The first-order chi connectivity index (χ1) is 16.2. The van der Waals surface area contributed by atoms with Gasteiger partial charge in [-0.3, -0.25) is 0 Å². The highest BCUT2D eigenvalue weighted by Crippen LogP contribution is 2.13. The van der Waals surface area contributed by atoms with E-state index in [1.807, 2.05) is 13.8 Å². The molecule has 207 valence electrons. The molecule has 0 aliphatic rings. The molecular weight excluding hydrogens is 436 g/mol. The van der Waals surface area contributed by atoms with Crippen LogP contribution in [0, 0.1) is 13.3 Å². The average molecular weight is 496 g/mol. The van der Waals surface area contributed by atoms with Crippen molar-refractivity contribution in [3.8, 4) is 0 Å². The molecule has 0 heterocycles. The minimum atomic E-state index is -0.297. The first kappa shape index (κ1) is 38.0. The maximum atomic E-state index is 11.2. The highest BCUT2D eigenvalue weighted by atomic mass is 16.5. The van der Waals surface area contributed by atoms with Crippen molar-refractivity contribution >= 4 is 11.9 Å². The third-order valence-electron chi connectivity index (χ3n) is 5.48. The van der Waals surface area contributed by atoms with Crippen LogP contribution in [0.1, 0.15) is 137 Å². The number of ether oxygens (including phenoxy) is 2. The van der Waals surface area contributed by atoms with Crippen LogP contribution in [-0.4, -0.2) is 25.2 Å². The summed E-state index contributed by atoms with van der Waals surface area (Å²) in [4.78, 5) is 21.9. The number of carbonyl (C=O) groups excluding carboxylic acids is 2. The molecule has 4 heteroatoms. The lowest BCUT2D eigenvalue weighted by Crippen LogP contribution is -2.09. The minimum absolute atomic E-state index is 0. The van der Waals surface area contributed by atoms with Crippen molar-refractivity contribution in [3.05, 3.63) is 31.7 Å². The van der Waals surface area contributed by atoms with E-state index in [4.69, 9.17) is 9.47 Å². The van der Waals surface area contributed by atoms with Crippen molar-refractivity contribution < 1.29 is 19.1 Å². The van der Waals surface area contributed by atoms with Crippen LogP contribution in [0.4, 0.5) is 0 Å². The Bertz CT molecular complexity index is 522. The highest BCUT2D eigenvalue weighted by molar-refractivity contribution is 5.87. The Hall–Kier alpha value is -1.58. The van der Waals surface area contributed by atoms with Gasteiger partial charge in [0.25, 0.3) is 0 Å². The lowest BCUT2D eigenvalue weighted by atomic mass is 10.0. The van der Waals surface area contributed by atoms with Gasteiger partial charge in [-0.15, -0.1) is 0 Å². The zero-order chi connectivity index (χ0) is 26.0. The predicted molar refractivity (Wildman–Crippen MR) is 152 cm³/mol. The molecule has 0 fully saturated rings. The fourth-order valence-corrected chi connectivity index (χ4v) is 3.30. The van der Waals surface area contributed by atoms with Crippen molar-refractivity contribution in [2.75, 3.05) is 13.2 Å². The molecule has 1 radical (unpaired) electrons. The van der Waals surface area contributed by atoms with Gasteiger partial charge in [0.05, 0.1) is 13.2 Å². The van der Waals surface area contributed by atoms with Crippen LogP contribution < -0.4 is 0 Å². The Morgan fingerprint density at radius 2 is 0.914 bits per heavy atom. The van der Waals surface area contributed by atoms with Crippen molar-refractivity contribution in [2.24, 2.45) is 5.92 Å². The first-order valence-electron chi connectivity index (χ1n) is 13.9. The Labute approximate surface area is 219 Å². The van der Waals surface area contributed by atoms with Gasteiger partial charge in [-0.2, -0.15) is 0 Å². The molecule has 0 spiro atoms. The summed E-state index contributed by atoms with van der Waals surface area (Å²) < 4.78 is 9.91. The van der Waals surface area contributed by atoms with Gasteiger partial charge < -0.3 is 9.47 Å². The van der Waals surface area contributed by atoms with Gasteiger partial charge in [0.1, 0.15) is 0 Å². The molecular formula is C31H59O4. The second-order valence-electron chi connectivity index (χ2n) is 9.99. The van der Waals surface area contributed by atoms with Crippen LogP contribution in [0.3, 0.4) is 0 Å². The molecule has 35 heavy (non-hydrogen) atoms. The SMILES string of the molecule is C=C(C)C(=O)OCC(C)C.C=C(C)C(=O)OCCCCCCCCCCCCCCCCCC.[CH3]. The molecule has 0 aliphatic carbocycles. The van der Waals surface area contributed by atoms with Crippen molar-refractivity contribution in [1.29, 1.82) is 0 Å². The highest BCUT2D eigenvalue weighted by Gasteiger charge is 2.03. The zero-order valence-electron chi connectivity index (χ0n) is 24.4. The molecule has 0 unspecified atom stereocenters. The van der Waals surface area contributed by atoms with Gasteiger partial charge >= 0.3 is 11.9 Å². The second kappa shape index (κ2) is 28.7. The molecule has 0 aromatic heterocycles. The third kappa shape index (κ3) is 32.4. The van der Waals surface area contributed by atoms with E-state index in [0.717, 1.165) is 6.42 Å². The summed E-state index contributed by atoms with van der Waals surface area (Å²) in [6.45, 7) is 17.7. The normalized spacial score (nSPS) is 10.1. The van der Waals surface area contributed by atoms with Crippen LogP contribution in [0.5, 0.6) is 0 Å². The molecule has 0 saturated carbocycles. The topological polar surface area (TPSA) is 52.6 Å². The molecule has 0 N–H and O–H groups in total. The first-order valence-corrected chi connectivity index (χ1v) is 13.9. The average Bonchev–Trinajstić information content (AvgIpc) is 2.79. The second-order valence-corrected chi connectivity index (χ2v) is 9.99. The van der Waals surface area contributed by atoms with Gasteiger partial charge in [-0.1, -0.05) is 138 Å². The summed E-state index contributed by atoms with van der Waals surface area (Å²) in [6.07, 6.45) is 21.7. The smallest absolute Gasteiger partial charge is 0.333 e. The van der Waals surface area contributed by atoms with Crippen LogP contribution >= 0.6 is 0 Å². The molecule has 0 rings (SSSR count). The maximum Gasteiger partial charge on any atom is 0.333 e. The van der Waals surface area contributed by atoms with Crippen molar-refractivity contribution in [2.45, 2.75) is 137 Å². The maximum absolute atomic E-state index is 11.2. The number of unbranched alkanes of at least 4 members (excludes halogenated alkanes) is 15. The molecule has 0 amide bonds. The number of hydrogen-bond donors (Lipinski definition) is 0. The van der Waals surface area contributed by atoms with Gasteiger partial charge in [0.2, 0.25) is 0 Å². The lowest BCUT2D eigenvalue weighted by Gasteiger charge is -2.05. The Morgan fingerprint density at radius 1 is 0.600 bits per heavy atom. The number of rotatable bonds is 21. The third-order valence-corrected chi connectivity index (χ3v) is 5.48. The quantitative estimate of drug-likeness (QED) is 0.0903. The van der Waals surface area contributed by atoms with Crippen LogP contribution in [0.15, 0.2) is 24.3 Å². The molecule has 0 saturated heterocycles. The Kier molecular flexibility index (Phi) is 31.1. The van der Waals surface area contributed by atoms with Crippen LogP contribution in [-0.2, 0) is 19.1 Å². The van der Waals surface area contributed by atoms with E-state index in [-0.39, 0.29) is 19.4 Å². The summed E-state index contributed by atoms with van der Waals surface area (Å²) in [5.74, 6) is -0.159. The van der Waals surface area contributed by atoms with E-state index in [1.54, 1.807) is 13.8 Å². The molecule has 0 aromatic carbocycles. The minimum Gasteiger partial charge on any atom is -0.462 e. The summed E-state index contributed by atoms with van der Waals surface area (Å²) >= 11 is 0. The predicted octanol–water partition coefficient (Wildman–Crippen LogP) is 9.58. The number of hydrogen-bond acceptors (Lipinski definition) is 4. The van der Waals surface area contributed by atoms with Gasteiger partial charge in [0, 0.05) is 11.1 Å². The molecule has 4 nitrogen and oxygen atoms in total. The van der Waals surface area contributed by atoms with E-state index in [9.17, 15) is 9.59 Å². The van der Waals surface area contributed by atoms with Gasteiger partial charge in [0.15, 0.2) is 0 Å². The van der Waals surface area contributed by atoms with E-state index in [0.29, 0.717) is 30.3 Å². The summed E-state index contributed by atoms with van der Waals surface area (Å²) in [6, 6.07) is 0. The summed E-state index contributed by atoms with van der Waals surface area (Å²) in [7, 11) is 0. The summed E-state index contributed by atoms with van der Waals surface area (Å²) in [5, 5.41) is 0. The molecule has 0 bridgehead atoms. The van der Waals surface area contributed by atoms with E-state index in [1.165, 1.54) is 96.3 Å². The van der Waals surface area contributed by atoms with Crippen molar-refractivity contribution in [3.63, 3.8) is 0 Å². The largest absolute Gasteiger partial charge is 0.462 e. The molecule has 0 aliphatic heterocycles. The fraction of sp³-hybridized carbons (Fsp3) is 0.774. The molecule has 0 aromatic rings. The lowest BCUT2D eigenvalue weighted by molar-refractivity contribution is -0.140. The fourth-order valence-electron chi connectivity index (χ4n) is 3.30. The van der Waals surface area contributed by atoms with Gasteiger partial charge in [-0.25, -0.2) is 9.59 Å². The van der Waals surface area contributed by atoms with Crippen molar-refractivity contribution in [1.82, 2.24) is 0 Å². The molecule has 0 atom stereocenters. The summed E-state index contributed by atoms with van der Waals surface area (Å²) in [5.41, 5.74) is 0.951. The van der Waals surface area contributed by atoms with Gasteiger partial charge in [-0.05, 0) is 26.2 Å². The zero-order valence-corrected chi connectivity index (χ0v) is 24.4. The Morgan fingerprint density at radius 3 is 1.23 bits per heavy atom. The van der Waals surface area contributed by atoms with Crippen LogP contribution in [0.2, 0.25) is 0 Å². The van der Waals surface area contributed by atoms with E-state index in [2.05, 4.69) is 20.1 Å². The number of carbonyl (C=O) groups is 2. The standard InChI is InChI=1S/C22H42O2.C8H14O2.CH3/c1-4-5-6-7-8-9-10-11-12-13-14-15-16-17-18-19-20-24-22(23)21(2)3;1-6(2)5-10-8(9)7(3)4;/h2,4-20H2,1,3H3;6H,3,5H2,1-2,4H3;1H3. The van der Waals surface area contributed by atoms with Crippen LogP contribution in [0.25, 0.3) is 0 Å².